The van der Waals surface area contributed by atoms with E-state index in [2.05, 4.69) is 20.9 Å². The zero-order valence-electron chi connectivity index (χ0n) is 23.0. The van der Waals surface area contributed by atoms with Crippen LogP contribution in [0.1, 0.15) is 49.8 Å². The van der Waals surface area contributed by atoms with Gasteiger partial charge in [-0.05, 0) is 54.7 Å². The van der Waals surface area contributed by atoms with E-state index in [0.717, 1.165) is 24.0 Å². The second-order valence-electron chi connectivity index (χ2n) is 10.4. The molecule has 2 aliphatic rings. The van der Waals surface area contributed by atoms with Crippen molar-refractivity contribution in [3.05, 3.63) is 95.7 Å². The molecule has 1 unspecified atom stereocenters. The van der Waals surface area contributed by atoms with Crippen molar-refractivity contribution < 1.29 is 23.6 Å². The molecule has 1 saturated carbocycles. The summed E-state index contributed by atoms with van der Waals surface area (Å²) in [4.78, 5) is 56.6. The molecule has 0 bridgehead atoms. The average molecular weight is 567 g/mol. The fourth-order valence-corrected chi connectivity index (χ4v) is 4.97. The fraction of sp³-hybridized carbons (Fsp3) is 0.258. The van der Waals surface area contributed by atoms with Crippen molar-refractivity contribution in [1.82, 2.24) is 30.2 Å². The molecule has 1 aromatic carbocycles. The Labute approximate surface area is 241 Å². The molecule has 1 aliphatic carbocycles. The van der Waals surface area contributed by atoms with E-state index in [-0.39, 0.29) is 41.6 Å². The van der Waals surface area contributed by atoms with E-state index in [1.54, 1.807) is 53.0 Å². The van der Waals surface area contributed by atoms with Crippen LogP contribution in [0.4, 0.5) is 0 Å². The molecule has 0 saturated heterocycles. The van der Waals surface area contributed by atoms with Gasteiger partial charge in [-0.1, -0.05) is 30.4 Å². The molecule has 11 heteroatoms. The largest absolute Gasteiger partial charge is 0.451 e. The van der Waals surface area contributed by atoms with Gasteiger partial charge in [-0.25, -0.2) is 4.98 Å². The standard InChI is InChI=1S/C31H30N6O5/c1-32-30(40)27(20-7-8-20)35-29(39)25-11-10-24(42-25)21-6-4-5-19(15-21)16-33-28(38)23-18-37-17-22(9-12-26(37)34-23)31(41)36-13-2-3-14-36/h2-6,9-12,15,17-18,20,27H,7-8,13-14,16H2,1H3,(H,32,40)(H,33,38)(H,35,39). The van der Waals surface area contributed by atoms with Crippen LogP contribution in [0, 0.1) is 5.92 Å². The molecule has 214 valence electrons. The van der Waals surface area contributed by atoms with Crippen LogP contribution in [0.5, 0.6) is 0 Å². The summed E-state index contributed by atoms with van der Waals surface area (Å²) in [5.41, 5.74) is 2.90. The van der Waals surface area contributed by atoms with Crippen LogP contribution in [-0.4, -0.2) is 64.1 Å². The van der Waals surface area contributed by atoms with Gasteiger partial charge in [0.15, 0.2) is 5.76 Å². The van der Waals surface area contributed by atoms with E-state index in [1.807, 2.05) is 36.4 Å². The highest BCUT2D eigenvalue weighted by atomic mass is 16.4. The van der Waals surface area contributed by atoms with Crippen molar-refractivity contribution in [3.63, 3.8) is 0 Å². The number of rotatable bonds is 9. The first-order valence-electron chi connectivity index (χ1n) is 13.8. The van der Waals surface area contributed by atoms with Gasteiger partial charge in [0.05, 0.1) is 5.56 Å². The van der Waals surface area contributed by atoms with E-state index in [0.29, 0.717) is 30.1 Å². The van der Waals surface area contributed by atoms with Gasteiger partial charge in [-0.3, -0.25) is 19.2 Å². The zero-order chi connectivity index (χ0) is 29.2. The molecule has 0 radical (unpaired) electrons. The third-order valence-corrected chi connectivity index (χ3v) is 7.44. The van der Waals surface area contributed by atoms with Crippen molar-refractivity contribution in [2.24, 2.45) is 5.92 Å². The summed E-state index contributed by atoms with van der Waals surface area (Å²) in [5, 5.41) is 8.26. The second-order valence-corrected chi connectivity index (χ2v) is 10.4. The van der Waals surface area contributed by atoms with Crippen LogP contribution in [0.3, 0.4) is 0 Å². The maximum atomic E-state index is 12.9. The first-order chi connectivity index (χ1) is 20.4. The maximum Gasteiger partial charge on any atom is 0.287 e. The monoisotopic (exact) mass is 566 g/mol. The number of hydrogen-bond donors (Lipinski definition) is 3. The van der Waals surface area contributed by atoms with E-state index in [9.17, 15) is 19.2 Å². The number of imidazole rings is 1. The third kappa shape index (κ3) is 5.67. The molecule has 3 N–H and O–H groups in total. The molecule has 4 heterocycles. The minimum Gasteiger partial charge on any atom is -0.451 e. The molecule has 6 rings (SSSR count). The van der Waals surface area contributed by atoms with E-state index >= 15 is 0 Å². The Hall–Kier alpha value is -5.19. The van der Waals surface area contributed by atoms with Crippen LogP contribution in [-0.2, 0) is 11.3 Å². The van der Waals surface area contributed by atoms with Crippen molar-refractivity contribution in [2.45, 2.75) is 25.4 Å². The van der Waals surface area contributed by atoms with Crippen LogP contribution in [0.15, 0.2) is 77.5 Å². The van der Waals surface area contributed by atoms with Crippen LogP contribution < -0.4 is 16.0 Å². The maximum absolute atomic E-state index is 12.9. The summed E-state index contributed by atoms with van der Waals surface area (Å²) in [6.07, 6.45) is 9.01. The van der Waals surface area contributed by atoms with Crippen molar-refractivity contribution in [1.29, 1.82) is 0 Å². The molecule has 1 atom stereocenters. The van der Waals surface area contributed by atoms with Crippen LogP contribution >= 0.6 is 0 Å². The van der Waals surface area contributed by atoms with E-state index < -0.39 is 11.9 Å². The highest BCUT2D eigenvalue weighted by Gasteiger charge is 2.37. The number of likely N-dealkylation sites (N-methyl/N-ethyl adjacent to an activating group) is 1. The normalized spacial score (nSPS) is 15.0. The SMILES string of the molecule is CNC(=O)C(NC(=O)c1ccc(-c2cccc(CNC(=O)c3cn4cc(C(=O)N5CC=CC5)ccc4n3)c2)o1)C1CC1. The first-order valence-corrected chi connectivity index (χ1v) is 13.8. The number of aromatic nitrogens is 2. The minimum absolute atomic E-state index is 0.0721. The Morgan fingerprint density at radius 3 is 2.57 bits per heavy atom. The van der Waals surface area contributed by atoms with Gasteiger partial charge in [0.2, 0.25) is 5.91 Å². The summed E-state index contributed by atoms with van der Waals surface area (Å²) in [6, 6.07) is 13.6. The Kier molecular flexibility index (Phi) is 7.30. The first kappa shape index (κ1) is 27.0. The number of hydrogen-bond acceptors (Lipinski definition) is 6. The molecule has 1 aliphatic heterocycles. The molecule has 42 heavy (non-hydrogen) atoms. The lowest BCUT2D eigenvalue weighted by atomic mass is 10.1. The molecule has 4 amide bonds. The quantitative estimate of drug-likeness (QED) is 0.267. The highest BCUT2D eigenvalue weighted by molar-refractivity contribution is 5.97. The molecule has 4 aromatic rings. The van der Waals surface area contributed by atoms with Gasteiger partial charge >= 0.3 is 0 Å². The average Bonchev–Trinajstić information content (AvgIpc) is 3.39. The molecule has 11 nitrogen and oxygen atoms in total. The van der Waals surface area contributed by atoms with Crippen LogP contribution in [0.2, 0.25) is 0 Å². The van der Waals surface area contributed by atoms with Crippen LogP contribution in [0.25, 0.3) is 17.0 Å². The Bertz CT molecular complexity index is 1710. The van der Waals surface area contributed by atoms with Crippen molar-refractivity contribution >= 4 is 29.3 Å². The molecule has 3 aromatic heterocycles. The van der Waals surface area contributed by atoms with Gasteiger partial charge in [0.1, 0.15) is 23.1 Å². The van der Waals surface area contributed by atoms with E-state index in [4.69, 9.17) is 4.42 Å². The van der Waals surface area contributed by atoms with Gasteiger partial charge in [0, 0.05) is 44.6 Å². The van der Waals surface area contributed by atoms with Crippen molar-refractivity contribution in [3.8, 4) is 11.3 Å². The molecule has 0 spiro atoms. The topological polar surface area (TPSA) is 138 Å². The second kappa shape index (κ2) is 11.4. The predicted octanol–water partition coefficient (Wildman–Crippen LogP) is 2.79. The van der Waals surface area contributed by atoms with Gasteiger partial charge in [0.25, 0.3) is 17.7 Å². The minimum atomic E-state index is -0.576. The van der Waals surface area contributed by atoms with Gasteiger partial charge < -0.3 is 29.7 Å². The number of pyridine rings is 1. The Balaban J connectivity index is 1.09. The number of carbonyl (C=O) groups is 4. The smallest absolute Gasteiger partial charge is 0.287 e. The van der Waals surface area contributed by atoms with Gasteiger partial charge in [-0.2, -0.15) is 0 Å². The summed E-state index contributed by atoms with van der Waals surface area (Å²) in [5.74, 6) is -0.321. The number of nitrogens with zero attached hydrogens (tertiary/aromatic N) is 3. The summed E-state index contributed by atoms with van der Waals surface area (Å²) < 4.78 is 7.49. The number of carbonyl (C=O) groups excluding carboxylic acids is 4. The molecular weight excluding hydrogens is 536 g/mol. The van der Waals surface area contributed by atoms with E-state index in [1.165, 1.54) is 0 Å². The lowest BCUT2D eigenvalue weighted by molar-refractivity contribution is -0.122. The number of fused-ring (bicyclic) bond motifs is 1. The number of nitrogens with one attached hydrogen (secondary N) is 3. The summed E-state index contributed by atoms with van der Waals surface area (Å²) in [6.45, 7) is 1.42. The lowest BCUT2D eigenvalue weighted by Gasteiger charge is -2.15. The third-order valence-electron chi connectivity index (χ3n) is 7.44. The zero-order valence-corrected chi connectivity index (χ0v) is 23.0. The number of benzene rings is 1. The summed E-state index contributed by atoms with van der Waals surface area (Å²) >= 11 is 0. The fourth-order valence-electron chi connectivity index (χ4n) is 4.97. The van der Waals surface area contributed by atoms with Crippen molar-refractivity contribution in [2.75, 3.05) is 20.1 Å². The van der Waals surface area contributed by atoms with Gasteiger partial charge in [-0.15, -0.1) is 0 Å². The number of amides is 4. The Morgan fingerprint density at radius 1 is 1.00 bits per heavy atom. The number of furan rings is 1. The molecular formula is C31H30N6O5. The highest BCUT2D eigenvalue weighted by Crippen LogP contribution is 2.33. The summed E-state index contributed by atoms with van der Waals surface area (Å²) in [7, 11) is 1.55. The molecule has 1 fully saturated rings. The lowest BCUT2D eigenvalue weighted by Crippen LogP contribution is -2.47. The predicted molar refractivity (Wildman–Crippen MR) is 154 cm³/mol. The Morgan fingerprint density at radius 2 is 1.81 bits per heavy atom.